The average Bonchev–Trinajstić information content (AvgIpc) is 3.17. The number of benzene rings is 2. The first-order chi connectivity index (χ1) is 14.1. The normalized spacial score (nSPS) is 16.3. The molecule has 1 aromatic heterocycles. The number of aromatic nitrogens is 4. The Hall–Kier alpha value is -2.80. The molecule has 29 heavy (non-hydrogen) atoms. The Bertz CT molecular complexity index is 918. The van der Waals surface area contributed by atoms with E-state index in [1.807, 2.05) is 35.0 Å². The van der Waals surface area contributed by atoms with Crippen molar-refractivity contribution < 1.29 is 9.29 Å². The minimum absolute atomic E-state index is 0.150. The molecule has 0 aliphatic carbocycles. The van der Waals surface area contributed by atoms with Crippen molar-refractivity contribution in [2.24, 2.45) is 5.92 Å². The fraction of sp³-hybridized carbons (Fsp3) is 0.409. The second-order valence-electron chi connectivity index (χ2n) is 8.00. The Kier molecular flexibility index (Phi) is 5.85. The zero-order valence-electron chi connectivity index (χ0n) is 17.0. The highest BCUT2D eigenvalue weighted by Crippen LogP contribution is 2.20. The minimum Gasteiger partial charge on any atom is -0.358 e. The minimum atomic E-state index is -0.150. The number of halogens is 1. The summed E-state index contributed by atoms with van der Waals surface area (Å²) in [4.78, 5) is 3.60. The molecule has 4 rings (SSSR count). The van der Waals surface area contributed by atoms with Crippen molar-refractivity contribution in [2.75, 3.05) is 31.1 Å². The molecule has 6 nitrogen and oxygen atoms in total. The van der Waals surface area contributed by atoms with Crippen molar-refractivity contribution in [1.29, 1.82) is 0 Å². The van der Waals surface area contributed by atoms with Gasteiger partial charge in [0.25, 0.3) is 0 Å². The number of hydrogen-bond acceptors (Lipinski definition) is 4. The number of anilines is 1. The maximum Gasteiger partial charge on any atom is 0.209 e. The number of para-hydroxylation sites is 1. The fourth-order valence-corrected chi connectivity index (χ4v) is 4.31. The number of nitrogens with one attached hydrogen (secondary N) is 1. The van der Waals surface area contributed by atoms with E-state index in [2.05, 4.69) is 46.4 Å². The van der Waals surface area contributed by atoms with Crippen LogP contribution in [0.15, 0.2) is 54.6 Å². The van der Waals surface area contributed by atoms with E-state index in [9.17, 15) is 4.39 Å². The first kappa shape index (κ1) is 19.5. The lowest BCUT2D eigenvalue weighted by molar-refractivity contribution is -0.937. The second kappa shape index (κ2) is 8.69. The van der Waals surface area contributed by atoms with Crippen LogP contribution in [0.2, 0.25) is 0 Å². The molecule has 1 aliphatic heterocycles. The number of quaternary nitrogens is 1. The van der Waals surface area contributed by atoms with Crippen molar-refractivity contribution in [1.82, 2.24) is 20.2 Å². The van der Waals surface area contributed by atoms with E-state index >= 15 is 0 Å². The van der Waals surface area contributed by atoms with Gasteiger partial charge < -0.3 is 9.80 Å². The quantitative estimate of drug-likeness (QED) is 0.693. The topological polar surface area (TPSA) is 51.3 Å². The molecule has 0 spiro atoms. The van der Waals surface area contributed by atoms with Crippen LogP contribution in [-0.2, 0) is 6.54 Å². The first-order valence-corrected chi connectivity index (χ1v) is 10.3. The number of piperazine rings is 1. The molecule has 2 heterocycles. The molecule has 1 aliphatic rings. The molecule has 1 atom stereocenters. The Morgan fingerprint density at radius 2 is 1.69 bits per heavy atom. The van der Waals surface area contributed by atoms with E-state index in [1.165, 1.54) is 16.5 Å². The van der Waals surface area contributed by atoms with E-state index < -0.39 is 0 Å². The monoisotopic (exact) mass is 395 g/mol. The summed E-state index contributed by atoms with van der Waals surface area (Å²) in [7, 11) is 0. The van der Waals surface area contributed by atoms with E-state index in [-0.39, 0.29) is 11.9 Å². The SMILES string of the molecule is CC(C)[C@@H](c1nnnn1Cc1ccccc1)[NH+]1CCN(c2ccccc2F)CC1. The average molecular weight is 396 g/mol. The first-order valence-electron chi connectivity index (χ1n) is 10.3. The van der Waals surface area contributed by atoms with Crippen LogP contribution in [0.1, 0.15) is 31.3 Å². The summed E-state index contributed by atoms with van der Waals surface area (Å²) < 4.78 is 16.1. The molecule has 0 bridgehead atoms. The van der Waals surface area contributed by atoms with Crippen molar-refractivity contribution >= 4 is 5.69 Å². The van der Waals surface area contributed by atoms with E-state index in [4.69, 9.17) is 0 Å². The van der Waals surface area contributed by atoms with Crippen LogP contribution in [0.25, 0.3) is 0 Å². The second-order valence-corrected chi connectivity index (χ2v) is 8.00. The Morgan fingerprint density at radius 3 is 2.38 bits per heavy atom. The lowest BCUT2D eigenvalue weighted by Gasteiger charge is -2.38. The molecule has 2 aromatic carbocycles. The predicted octanol–water partition coefficient (Wildman–Crippen LogP) is 1.96. The van der Waals surface area contributed by atoms with Gasteiger partial charge in [0.15, 0.2) is 6.04 Å². The van der Waals surface area contributed by atoms with Gasteiger partial charge in [-0.05, 0) is 28.1 Å². The van der Waals surface area contributed by atoms with E-state index in [0.29, 0.717) is 18.2 Å². The summed E-state index contributed by atoms with van der Waals surface area (Å²) in [6, 6.07) is 17.5. The molecule has 3 aromatic rings. The van der Waals surface area contributed by atoms with Gasteiger partial charge in [-0.25, -0.2) is 9.07 Å². The van der Waals surface area contributed by atoms with Gasteiger partial charge in [-0.3, -0.25) is 0 Å². The highest BCUT2D eigenvalue weighted by molar-refractivity contribution is 5.47. The molecule has 7 heteroatoms. The smallest absolute Gasteiger partial charge is 0.209 e. The standard InChI is InChI=1S/C22H27FN6/c1-17(2)21(22-24-25-26-29(22)16-18-8-4-3-5-9-18)28-14-12-27(13-15-28)20-11-7-6-10-19(20)23/h3-11,17,21H,12-16H2,1-2H3/p+1/t21-/m0/s1. The highest BCUT2D eigenvalue weighted by atomic mass is 19.1. The molecular formula is C22H28FN6+. The van der Waals surface area contributed by atoms with Gasteiger partial charge in [0.1, 0.15) is 5.82 Å². The van der Waals surface area contributed by atoms with Crippen LogP contribution >= 0.6 is 0 Å². The summed E-state index contributed by atoms with van der Waals surface area (Å²) in [5, 5.41) is 12.7. The van der Waals surface area contributed by atoms with E-state index in [1.54, 1.807) is 6.07 Å². The zero-order valence-corrected chi connectivity index (χ0v) is 17.0. The predicted molar refractivity (Wildman–Crippen MR) is 110 cm³/mol. The van der Waals surface area contributed by atoms with Gasteiger partial charge >= 0.3 is 0 Å². The van der Waals surface area contributed by atoms with Crippen LogP contribution in [-0.4, -0.2) is 46.4 Å². The summed E-state index contributed by atoms with van der Waals surface area (Å²) in [5.41, 5.74) is 1.88. The van der Waals surface area contributed by atoms with Gasteiger partial charge in [0.05, 0.1) is 38.4 Å². The van der Waals surface area contributed by atoms with Gasteiger partial charge in [0.2, 0.25) is 5.82 Å². The molecule has 1 saturated heterocycles. The Balaban J connectivity index is 1.50. The van der Waals surface area contributed by atoms with Crippen molar-refractivity contribution in [2.45, 2.75) is 26.4 Å². The third kappa shape index (κ3) is 4.29. The molecule has 1 N–H and O–H groups in total. The maximum absolute atomic E-state index is 14.2. The maximum atomic E-state index is 14.2. The van der Waals surface area contributed by atoms with Crippen LogP contribution in [0, 0.1) is 11.7 Å². The van der Waals surface area contributed by atoms with Crippen molar-refractivity contribution in [3.63, 3.8) is 0 Å². The summed E-state index contributed by atoms with van der Waals surface area (Å²) in [6.07, 6.45) is 0. The van der Waals surface area contributed by atoms with Crippen molar-refractivity contribution in [3.05, 3.63) is 71.8 Å². The fourth-order valence-electron chi connectivity index (χ4n) is 4.31. The van der Waals surface area contributed by atoms with Gasteiger partial charge in [-0.2, -0.15) is 0 Å². The number of tetrazole rings is 1. The summed E-state index contributed by atoms with van der Waals surface area (Å²) >= 11 is 0. The molecule has 152 valence electrons. The molecule has 0 amide bonds. The third-order valence-corrected chi connectivity index (χ3v) is 5.72. The van der Waals surface area contributed by atoms with Crippen LogP contribution in [0.3, 0.4) is 0 Å². The highest BCUT2D eigenvalue weighted by Gasteiger charge is 2.35. The van der Waals surface area contributed by atoms with Gasteiger partial charge in [-0.15, -0.1) is 5.10 Å². The number of nitrogens with zero attached hydrogens (tertiary/aromatic N) is 5. The number of rotatable bonds is 6. The lowest BCUT2D eigenvalue weighted by atomic mass is 10.0. The molecule has 1 fully saturated rings. The Labute approximate surface area is 170 Å². The zero-order chi connectivity index (χ0) is 20.2. The number of hydrogen-bond donors (Lipinski definition) is 1. The van der Waals surface area contributed by atoms with E-state index in [0.717, 1.165) is 32.0 Å². The molecule has 0 radical (unpaired) electrons. The Morgan fingerprint density at radius 1 is 1.00 bits per heavy atom. The van der Waals surface area contributed by atoms with Gasteiger partial charge in [-0.1, -0.05) is 56.3 Å². The van der Waals surface area contributed by atoms with Crippen molar-refractivity contribution in [3.8, 4) is 0 Å². The summed E-state index contributed by atoms with van der Waals surface area (Å²) in [6.45, 7) is 8.61. The van der Waals surface area contributed by atoms with Gasteiger partial charge in [0, 0.05) is 5.92 Å². The molecule has 0 saturated carbocycles. The lowest BCUT2D eigenvalue weighted by Crippen LogP contribution is -3.15. The molecular weight excluding hydrogens is 367 g/mol. The molecule has 0 unspecified atom stereocenters. The third-order valence-electron chi connectivity index (χ3n) is 5.72. The largest absolute Gasteiger partial charge is 0.358 e. The van der Waals surface area contributed by atoms with Crippen LogP contribution < -0.4 is 9.80 Å². The van der Waals surface area contributed by atoms with Crippen LogP contribution in [0.5, 0.6) is 0 Å². The van der Waals surface area contributed by atoms with Crippen LogP contribution in [0.4, 0.5) is 10.1 Å². The summed E-state index contributed by atoms with van der Waals surface area (Å²) in [5.74, 6) is 1.17.